The molecule has 0 radical (unpaired) electrons. The molecule has 1 aliphatic rings. The third-order valence-electron chi connectivity index (χ3n) is 5.38. The molecule has 1 fully saturated rings. The first-order valence-corrected chi connectivity index (χ1v) is 11.9. The van der Waals surface area contributed by atoms with E-state index < -0.39 is 28.1 Å². The Morgan fingerprint density at radius 2 is 1.76 bits per heavy atom. The molecular weight excluding hydrogens is 475 g/mol. The molecule has 0 spiro atoms. The number of amides is 2. The van der Waals surface area contributed by atoms with Gasteiger partial charge in [-0.3, -0.25) is 9.59 Å². The Labute approximate surface area is 195 Å². The van der Waals surface area contributed by atoms with E-state index in [-0.39, 0.29) is 49.2 Å². The highest BCUT2D eigenvalue weighted by Crippen LogP contribution is 2.28. The summed E-state index contributed by atoms with van der Waals surface area (Å²) in [5.41, 5.74) is 1.22. The van der Waals surface area contributed by atoms with Gasteiger partial charge in [0, 0.05) is 44.2 Å². The molecule has 2 N–H and O–H groups in total. The number of halogens is 3. The summed E-state index contributed by atoms with van der Waals surface area (Å²) in [6, 6.07) is 11.0. The van der Waals surface area contributed by atoms with Gasteiger partial charge in [0.05, 0.1) is 4.90 Å². The third kappa shape index (κ3) is 6.48. The highest BCUT2D eigenvalue weighted by molar-refractivity contribution is 7.89. The van der Waals surface area contributed by atoms with Gasteiger partial charge in [0.15, 0.2) is 0 Å². The third-order valence-corrected chi connectivity index (χ3v) is 7.28. The van der Waals surface area contributed by atoms with Gasteiger partial charge in [0.1, 0.15) is 5.75 Å². The van der Waals surface area contributed by atoms with Gasteiger partial charge in [-0.05, 0) is 42.7 Å². The first kappa shape index (κ1) is 25.5. The lowest BCUT2D eigenvalue weighted by Gasteiger charge is -2.30. The molecular formula is C22H24F3N3O5S. The van der Waals surface area contributed by atoms with E-state index in [1.165, 1.54) is 19.2 Å². The first-order valence-electron chi connectivity index (χ1n) is 10.4. The van der Waals surface area contributed by atoms with Crippen molar-refractivity contribution in [2.45, 2.75) is 30.6 Å². The molecule has 2 amide bonds. The van der Waals surface area contributed by atoms with Crippen LogP contribution in [0.5, 0.6) is 5.75 Å². The van der Waals surface area contributed by atoms with Crippen molar-refractivity contribution in [3.05, 3.63) is 59.7 Å². The quantitative estimate of drug-likeness (QED) is 0.610. The molecule has 0 aliphatic carbocycles. The maximum atomic E-state index is 12.9. The topological polar surface area (TPSA) is 105 Å². The average Bonchev–Trinajstić information content (AvgIpc) is 2.81. The van der Waals surface area contributed by atoms with E-state index in [0.29, 0.717) is 5.56 Å². The fourth-order valence-electron chi connectivity index (χ4n) is 3.64. The number of piperidine rings is 1. The average molecular weight is 500 g/mol. The van der Waals surface area contributed by atoms with Crippen molar-refractivity contribution in [3.8, 4) is 5.75 Å². The zero-order chi connectivity index (χ0) is 24.9. The molecule has 12 heteroatoms. The highest BCUT2D eigenvalue weighted by Gasteiger charge is 2.34. The van der Waals surface area contributed by atoms with Gasteiger partial charge in [-0.2, -0.15) is 4.31 Å². The second-order valence-electron chi connectivity index (χ2n) is 7.70. The van der Waals surface area contributed by atoms with E-state index in [1.54, 1.807) is 24.3 Å². The van der Waals surface area contributed by atoms with Crippen LogP contribution in [0.15, 0.2) is 53.4 Å². The van der Waals surface area contributed by atoms with Gasteiger partial charge >= 0.3 is 6.36 Å². The monoisotopic (exact) mass is 499 g/mol. The predicted octanol–water partition coefficient (Wildman–Crippen LogP) is 2.66. The molecule has 3 rings (SSSR count). The molecule has 34 heavy (non-hydrogen) atoms. The summed E-state index contributed by atoms with van der Waals surface area (Å²) in [5, 5.41) is 5.33. The van der Waals surface area contributed by atoms with E-state index in [4.69, 9.17) is 0 Å². The summed E-state index contributed by atoms with van der Waals surface area (Å²) in [7, 11) is -2.52. The lowest BCUT2D eigenvalue weighted by Crippen LogP contribution is -2.42. The predicted molar refractivity (Wildman–Crippen MR) is 116 cm³/mol. The van der Waals surface area contributed by atoms with Crippen LogP contribution in [0.1, 0.15) is 28.8 Å². The Kier molecular flexibility index (Phi) is 7.82. The largest absolute Gasteiger partial charge is 0.573 e. The van der Waals surface area contributed by atoms with Crippen LogP contribution >= 0.6 is 0 Å². The Morgan fingerprint density at radius 3 is 2.41 bits per heavy atom. The molecule has 1 heterocycles. The van der Waals surface area contributed by atoms with Crippen molar-refractivity contribution in [3.63, 3.8) is 0 Å². The van der Waals surface area contributed by atoms with Crippen LogP contribution in [0.4, 0.5) is 13.2 Å². The summed E-state index contributed by atoms with van der Waals surface area (Å²) in [4.78, 5) is 24.0. The van der Waals surface area contributed by atoms with Crippen LogP contribution in [-0.4, -0.2) is 51.0 Å². The van der Waals surface area contributed by atoms with Gasteiger partial charge in [-0.15, -0.1) is 13.2 Å². The van der Waals surface area contributed by atoms with Crippen LogP contribution in [0.2, 0.25) is 0 Å². The van der Waals surface area contributed by atoms with E-state index >= 15 is 0 Å². The number of hydrogen-bond donors (Lipinski definition) is 2. The smallest absolute Gasteiger partial charge is 0.406 e. The molecule has 0 unspecified atom stereocenters. The number of rotatable bonds is 7. The fourth-order valence-corrected chi connectivity index (χ4v) is 5.14. The molecule has 184 valence electrons. The molecule has 0 bridgehead atoms. The Balaban J connectivity index is 1.57. The summed E-state index contributed by atoms with van der Waals surface area (Å²) in [5.74, 6) is -1.50. The second kappa shape index (κ2) is 10.4. The van der Waals surface area contributed by atoms with Crippen molar-refractivity contribution in [1.82, 2.24) is 14.9 Å². The standard InChI is InChI=1S/C22H24F3N3O5S/c1-26-20(29)17-5-2-4-15(12-17)14-27-21(30)16-8-10-28(11-9-16)34(31,32)19-7-3-6-18(13-19)33-22(23,24)25/h2-7,12-13,16H,8-11,14H2,1H3,(H,26,29)(H,27,30). The first-order chi connectivity index (χ1) is 16.0. The number of nitrogens with one attached hydrogen (secondary N) is 2. The van der Waals surface area contributed by atoms with Gasteiger partial charge in [0.25, 0.3) is 5.91 Å². The molecule has 0 saturated carbocycles. The van der Waals surface area contributed by atoms with Crippen molar-refractivity contribution in [1.29, 1.82) is 0 Å². The molecule has 2 aromatic rings. The van der Waals surface area contributed by atoms with Crippen molar-refractivity contribution >= 4 is 21.8 Å². The Hall–Kier alpha value is -3.12. The minimum absolute atomic E-state index is 0.0525. The van der Waals surface area contributed by atoms with E-state index in [1.807, 2.05) is 0 Å². The minimum atomic E-state index is -4.93. The van der Waals surface area contributed by atoms with Crippen LogP contribution in [0.25, 0.3) is 0 Å². The van der Waals surface area contributed by atoms with Gasteiger partial charge in [-0.1, -0.05) is 18.2 Å². The Morgan fingerprint density at radius 1 is 1.09 bits per heavy atom. The van der Waals surface area contributed by atoms with E-state index in [0.717, 1.165) is 22.0 Å². The SMILES string of the molecule is CNC(=O)c1cccc(CNC(=O)C2CCN(S(=O)(=O)c3cccc(OC(F)(F)F)c3)CC2)c1. The van der Waals surface area contributed by atoms with Gasteiger partial charge in [-0.25, -0.2) is 8.42 Å². The highest BCUT2D eigenvalue weighted by atomic mass is 32.2. The van der Waals surface area contributed by atoms with Crippen LogP contribution < -0.4 is 15.4 Å². The number of hydrogen-bond acceptors (Lipinski definition) is 5. The molecule has 1 aliphatic heterocycles. The molecule has 0 aromatic heterocycles. The van der Waals surface area contributed by atoms with Crippen molar-refractivity contribution < 1.29 is 35.9 Å². The zero-order valence-corrected chi connectivity index (χ0v) is 19.1. The Bertz CT molecular complexity index is 1150. The van der Waals surface area contributed by atoms with Crippen LogP contribution in [0.3, 0.4) is 0 Å². The molecule has 2 aromatic carbocycles. The fraction of sp³-hybridized carbons (Fsp3) is 0.364. The van der Waals surface area contributed by atoms with Crippen LogP contribution in [-0.2, 0) is 21.4 Å². The minimum Gasteiger partial charge on any atom is -0.406 e. The second-order valence-corrected chi connectivity index (χ2v) is 9.64. The zero-order valence-electron chi connectivity index (χ0n) is 18.3. The number of benzene rings is 2. The summed E-state index contributed by atoms with van der Waals surface area (Å²) in [6.45, 7) is 0.321. The summed E-state index contributed by atoms with van der Waals surface area (Å²) >= 11 is 0. The number of carbonyl (C=O) groups excluding carboxylic acids is 2. The van der Waals surface area contributed by atoms with E-state index in [9.17, 15) is 31.2 Å². The number of alkyl halides is 3. The lowest BCUT2D eigenvalue weighted by atomic mass is 9.97. The normalized spacial score (nSPS) is 15.5. The van der Waals surface area contributed by atoms with Gasteiger partial charge in [0.2, 0.25) is 15.9 Å². The maximum absolute atomic E-state index is 12.9. The van der Waals surface area contributed by atoms with Crippen molar-refractivity contribution in [2.24, 2.45) is 5.92 Å². The summed E-state index contributed by atoms with van der Waals surface area (Å²) < 4.78 is 68.0. The van der Waals surface area contributed by atoms with E-state index in [2.05, 4.69) is 15.4 Å². The number of ether oxygens (including phenoxy) is 1. The van der Waals surface area contributed by atoms with Crippen LogP contribution in [0, 0.1) is 5.92 Å². The maximum Gasteiger partial charge on any atom is 0.573 e. The summed E-state index contributed by atoms with van der Waals surface area (Å²) in [6.07, 6.45) is -4.40. The molecule has 1 saturated heterocycles. The van der Waals surface area contributed by atoms with Crippen molar-refractivity contribution in [2.75, 3.05) is 20.1 Å². The number of sulfonamides is 1. The van der Waals surface area contributed by atoms with Gasteiger partial charge < -0.3 is 15.4 Å². The number of nitrogens with zero attached hydrogens (tertiary/aromatic N) is 1. The lowest BCUT2D eigenvalue weighted by molar-refractivity contribution is -0.274. The molecule has 8 nitrogen and oxygen atoms in total. The molecule has 0 atom stereocenters. The number of carbonyl (C=O) groups is 2.